The van der Waals surface area contributed by atoms with Crippen LogP contribution in [0.5, 0.6) is 17.2 Å². The minimum Gasteiger partial charge on any atom is -0.490 e. The van der Waals surface area contributed by atoms with Crippen LogP contribution in [-0.2, 0) is 14.9 Å². The van der Waals surface area contributed by atoms with Crippen LogP contribution in [0, 0.1) is 11.3 Å². The number of ether oxygens (including phenoxy) is 4. The molecule has 7 heteroatoms. The second-order valence-electron chi connectivity index (χ2n) is 8.12. The molecule has 0 radical (unpaired) electrons. The number of rotatable bonds is 10. The average Bonchev–Trinajstić information content (AvgIpc) is 2.76. The van der Waals surface area contributed by atoms with E-state index in [1.54, 1.807) is 19.1 Å². The SMILES string of the molecule is CCOC(=O)/C(C#N)=C\c1cc(Cl)c(OCCOc2ccc(C(C)(C)C)cc2)c(OCC)c1. The van der Waals surface area contributed by atoms with E-state index in [-0.39, 0.29) is 24.2 Å². The summed E-state index contributed by atoms with van der Waals surface area (Å²) >= 11 is 6.42. The van der Waals surface area contributed by atoms with Crippen LogP contribution in [0.1, 0.15) is 45.7 Å². The largest absolute Gasteiger partial charge is 0.490 e. The van der Waals surface area contributed by atoms with Gasteiger partial charge in [-0.3, -0.25) is 0 Å². The molecule has 2 rings (SSSR count). The summed E-state index contributed by atoms with van der Waals surface area (Å²) in [5, 5.41) is 9.55. The van der Waals surface area contributed by atoms with Gasteiger partial charge in [0.15, 0.2) is 11.5 Å². The predicted octanol–water partition coefficient (Wildman–Crippen LogP) is 5.96. The number of esters is 1. The molecule has 0 aromatic heterocycles. The number of halogens is 1. The molecule has 0 amide bonds. The minimum atomic E-state index is -0.693. The van der Waals surface area contributed by atoms with Gasteiger partial charge in [-0.1, -0.05) is 44.5 Å². The number of nitrogens with zero attached hydrogens (tertiary/aromatic N) is 1. The highest BCUT2D eigenvalue weighted by molar-refractivity contribution is 6.32. The van der Waals surface area contributed by atoms with Crippen molar-refractivity contribution in [1.82, 2.24) is 0 Å². The van der Waals surface area contributed by atoms with Gasteiger partial charge in [-0.2, -0.15) is 5.26 Å². The highest BCUT2D eigenvalue weighted by atomic mass is 35.5. The number of hydrogen-bond acceptors (Lipinski definition) is 6. The third-order valence-corrected chi connectivity index (χ3v) is 4.86. The Kier molecular flexibility index (Phi) is 9.62. The van der Waals surface area contributed by atoms with E-state index in [0.717, 1.165) is 5.75 Å². The maximum atomic E-state index is 11.9. The third kappa shape index (κ3) is 7.73. The van der Waals surface area contributed by atoms with E-state index in [9.17, 15) is 10.1 Å². The van der Waals surface area contributed by atoms with E-state index in [1.165, 1.54) is 11.6 Å². The lowest BCUT2D eigenvalue weighted by Gasteiger charge is -2.19. The van der Waals surface area contributed by atoms with Gasteiger partial charge in [0, 0.05) is 0 Å². The topological polar surface area (TPSA) is 77.8 Å². The van der Waals surface area contributed by atoms with Crippen molar-refractivity contribution in [2.45, 2.75) is 40.0 Å². The van der Waals surface area contributed by atoms with E-state index >= 15 is 0 Å². The zero-order valence-electron chi connectivity index (χ0n) is 19.7. The molecular formula is C26H30ClNO5. The molecule has 0 saturated carbocycles. The Morgan fingerprint density at radius 1 is 1.03 bits per heavy atom. The lowest BCUT2D eigenvalue weighted by Crippen LogP contribution is -2.12. The summed E-state index contributed by atoms with van der Waals surface area (Å²) in [7, 11) is 0. The van der Waals surface area contributed by atoms with Crippen molar-refractivity contribution < 1.29 is 23.7 Å². The smallest absolute Gasteiger partial charge is 0.348 e. The van der Waals surface area contributed by atoms with Crippen molar-refractivity contribution in [3.63, 3.8) is 0 Å². The first kappa shape index (κ1) is 26.1. The second kappa shape index (κ2) is 12.2. The monoisotopic (exact) mass is 471 g/mol. The summed E-state index contributed by atoms with van der Waals surface area (Å²) < 4.78 is 22.2. The summed E-state index contributed by atoms with van der Waals surface area (Å²) in [6.45, 7) is 11.1. The van der Waals surface area contributed by atoms with Crippen molar-refractivity contribution in [2.24, 2.45) is 0 Å². The zero-order chi connectivity index (χ0) is 24.4. The van der Waals surface area contributed by atoms with E-state index in [4.69, 9.17) is 30.5 Å². The van der Waals surface area contributed by atoms with Gasteiger partial charge in [-0.25, -0.2) is 4.79 Å². The Labute approximate surface area is 200 Å². The highest BCUT2D eigenvalue weighted by Crippen LogP contribution is 2.37. The molecule has 0 spiro atoms. The van der Waals surface area contributed by atoms with E-state index < -0.39 is 5.97 Å². The van der Waals surface area contributed by atoms with Gasteiger partial charge in [0.05, 0.1) is 18.2 Å². The molecule has 0 aliphatic heterocycles. The van der Waals surface area contributed by atoms with E-state index in [0.29, 0.717) is 35.3 Å². The Hall–Kier alpha value is -3.17. The Morgan fingerprint density at radius 3 is 2.27 bits per heavy atom. The molecule has 2 aromatic rings. The standard InChI is InChI=1S/C26H30ClNO5/c1-6-30-23-16-18(14-19(17-28)25(29)31-7-2)15-22(27)24(23)33-13-12-32-21-10-8-20(9-11-21)26(3,4)5/h8-11,14-16H,6-7,12-13H2,1-5H3/b19-14-. The fourth-order valence-corrected chi connectivity index (χ4v) is 3.21. The normalized spacial score (nSPS) is 11.5. The van der Waals surface area contributed by atoms with Crippen LogP contribution in [0.15, 0.2) is 42.0 Å². The van der Waals surface area contributed by atoms with E-state index in [1.807, 2.05) is 25.1 Å². The van der Waals surface area contributed by atoms with Gasteiger partial charge in [0.25, 0.3) is 0 Å². The highest BCUT2D eigenvalue weighted by Gasteiger charge is 2.16. The number of benzene rings is 2. The third-order valence-electron chi connectivity index (χ3n) is 4.58. The van der Waals surface area contributed by atoms with Gasteiger partial charge in [-0.15, -0.1) is 0 Å². The molecule has 0 heterocycles. The first-order chi connectivity index (χ1) is 15.7. The summed E-state index contributed by atoms with van der Waals surface area (Å²) in [5.41, 5.74) is 1.71. The summed E-state index contributed by atoms with van der Waals surface area (Å²) in [6, 6.07) is 13.1. The fourth-order valence-electron chi connectivity index (χ4n) is 2.94. The maximum Gasteiger partial charge on any atom is 0.348 e. The Balaban J connectivity index is 2.09. The molecule has 176 valence electrons. The molecule has 0 bridgehead atoms. The van der Waals surface area contributed by atoms with Crippen LogP contribution < -0.4 is 14.2 Å². The molecule has 0 aliphatic rings. The number of carbonyl (C=O) groups excluding carboxylic acids is 1. The van der Waals surface area contributed by atoms with E-state index in [2.05, 4.69) is 32.9 Å². The molecular weight excluding hydrogens is 442 g/mol. The maximum absolute atomic E-state index is 11.9. The van der Waals surface area contributed by atoms with Crippen LogP contribution in [0.2, 0.25) is 5.02 Å². The number of carbonyl (C=O) groups is 1. The molecule has 33 heavy (non-hydrogen) atoms. The first-order valence-electron chi connectivity index (χ1n) is 10.8. The zero-order valence-corrected chi connectivity index (χ0v) is 20.5. The molecule has 0 atom stereocenters. The first-order valence-corrected chi connectivity index (χ1v) is 11.2. The van der Waals surface area contributed by atoms with Gasteiger partial charge >= 0.3 is 5.97 Å². The molecule has 6 nitrogen and oxygen atoms in total. The van der Waals surface area contributed by atoms with Gasteiger partial charge < -0.3 is 18.9 Å². The van der Waals surface area contributed by atoms with Crippen molar-refractivity contribution in [1.29, 1.82) is 5.26 Å². The predicted molar refractivity (Wildman–Crippen MR) is 129 cm³/mol. The molecule has 2 aromatic carbocycles. The van der Waals surface area contributed by atoms with Gasteiger partial charge in [0.1, 0.15) is 30.6 Å². The van der Waals surface area contributed by atoms with Crippen LogP contribution in [0.25, 0.3) is 6.08 Å². The van der Waals surface area contributed by atoms with Gasteiger partial charge in [0.2, 0.25) is 0 Å². The molecule has 0 aliphatic carbocycles. The molecule has 0 unspecified atom stereocenters. The number of nitriles is 1. The second-order valence-corrected chi connectivity index (χ2v) is 8.53. The molecule has 0 N–H and O–H groups in total. The van der Waals surface area contributed by atoms with Crippen LogP contribution in [0.4, 0.5) is 0 Å². The lowest BCUT2D eigenvalue weighted by molar-refractivity contribution is -0.137. The lowest BCUT2D eigenvalue weighted by atomic mass is 9.87. The molecule has 0 fully saturated rings. The average molecular weight is 472 g/mol. The summed E-state index contributed by atoms with van der Waals surface area (Å²) in [6.07, 6.45) is 1.40. The van der Waals surface area contributed by atoms with Crippen molar-refractivity contribution in [2.75, 3.05) is 26.4 Å². The molecule has 0 saturated heterocycles. The van der Waals surface area contributed by atoms with Crippen LogP contribution in [0.3, 0.4) is 0 Å². The fraction of sp³-hybridized carbons (Fsp3) is 0.385. The van der Waals surface area contributed by atoms with Crippen molar-refractivity contribution >= 4 is 23.6 Å². The Morgan fingerprint density at radius 2 is 1.70 bits per heavy atom. The van der Waals surface area contributed by atoms with Crippen LogP contribution in [-0.4, -0.2) is 32.4 Å². The Bertz CT molecular complexity index is 1020. The van der Waals surface area contributed by atoms with Crippen molar-refractivity contribution in [3.05, 3.63) is 58.1 Å². The summed E-state index contributed by atoms with van der Waals surface area (Å²) in [4.78, 5) is 11.9. The minimum absolute atomic E-state index is 0.0831. The van der Waals surface area contributed by atoms with Crippen LogP contribution >= 0.6 is 11.6 Å². The van der Waals surface area contributed by atoms with Crippen molar-refractivity contribution in [3.8, 4) is 23.3 Å². The number of hydrogen-bond donors (Lipinski definition) is 0. The quantitative estimate of drug-likeness (QED) is 0.184. The van der Waals surface area contributed by atoms with Gasteiger partial charge in [-0.05, 0) is 60.7 Å². The summed E-state index contributed by atoms with van der Waals surface area (Å²) in [5.74, 6) is 0.845.